The molecule has 0 aromatic carbocycles. The van der Waals surface area contributed by atoms with Gasteiger partial charge in [-0.15, -0.1) is 0 Å². The zero-order valence-corrected chi connectivity index (χ0v) is 7.11. The van der Waals surface area contributed by atoms with Crippen LogP contribution in [0.2, 0.25) is 0 Å². The van der Waals surface area contributed by atoms with Crippen LogP contribution < -0.4 is 0 Å². The molecule has 0 bridgehead atoms. The highest BCUT2D eigenvalue weighted by Crippen LogP contribution is 2.41. The summed E-state index contributed by atoms with van der Waals surface area (Å²) < 4.78 is 11.0. The predicted octanol–water partition coefficient (Wildman–Crippen LogP) is 1.08. The van der Waals surface area contributed by atoms with E-state index in [0.717, 1.165) is 38.3 Å². The minimum atomic E-state index is 0.688. The van der Waals surface area contributed by atoms with Gasteiger partial charge in [0.15, 0.2) is 0 Å². The van der Waals surface area contributed by atoms with E-state index in [2.05, 4.69) is 12.2 Å². The monoisotopic (exact) mass is 166 g/mol. The minimum Gasteiger partial charge on any atom is -0.381 e. The van der Waals surface area contributed by atoms with E-state index >= 15 is 0 Å². The van der Waals surface area contributed by atoms with Crippen LogP contribution >= 0.6 is 0 Å². The van der Waals surface area contributed by atoms with E-state index in [0.29, 0.717) is 11.8 Å². The molecule has 3 rings (SSSR count). The SMILES string of the molecule is C1=C[C@H]2COC[C@@H]2[C@H]2COC[C@@H]12. The Kier molecular flexibility index (Phi) is 1.52. The van der Waals surface area contributed by atoms with E-state index in [9.17, 15) is 0 Å². The molecule has 2 fully saturated rings. The number of hydrogen-bond donors (Lipinski definition) is 0. The normalized spacial score (nSPS) is 50.7. The van der Waals surface area contributed by atoms with E-state index in [1.165, 1.54) is 0 Å². The van der Waals surface area contributed by atoms with Crippen LogP contribution in [0.4, 0.5) is 0 Å². The Balaban J connectivity index is 1.89. The van der Waals surface area contributed by atoms with Crippen LogP contribution in [0, 0.1) is 23.7 Å². The second-order valence-corrected chi connectivity index (χ2v) is 4.12. The highest BCUT2D eigenvalue weighted by Gasteiger charge is 2.42. The average molecular weight is 166 g/mol. The van der Waals surface area contributed by atoms with E-state index in [-0.39, 0.29) is 0 Å². The molecule has 2 heterocycles. The van der Waals surface area contributed by atoms with Crippen molar-refractivity contribution in [3.63, 3.8) is 0 Å². The van der Waals surface area contributed by atoms with Crippen molar-refractivity contribution in [1.82, 2.24) is 0 Å². The first-order valence-corrected chi connectivity index (χ1v) is 4.79. The van der Waals surface area contributed by atoms with Gasteiger partial charge in [-0.05, 0) is 11.8 Å². The van der Waals surface area contributed by atoms with Crippen molar-refractivity contribution in [3.8, 4) is 0 Å². The molecule has 66 valence electrons. The second-order valence-electron chi connectivity index (χ2n) is 4.12. The quantitative estimate of drug-likeness (QED) is 0.501. The minimum absolute atomic E-state index is 0.688. The molecule has 0 saturated carbocycles. The van der Waals surface area contributed by atoms with Crippen molar-refractivity contribution in [2.75, 3.05) is 26.4 Å². The molecule has 0 amide bonds. The lowest BCUT2D eigenvalue weighted by Gasteiger charge is -2.28. The molecule has 12 heavy (non-hydrogen) atoms. The van der Waals surface area contributed by atoms with Gasteiger partial charge in [-0.1, -0.05) is 12.2 Å². The number of hydrogen-bond acceptors (Lipinski definition) is 2. The Morgan fingerprint density at radius 1 is 0.750 bits per heavy atom. The zero-order chi connectivity index (χ0) is 7.97. The summed E-state index contributed by atoms with van der Waals surface area (Å²) in [5, 5.41) is 0. The smallest absolute Gasteiger partial charge is 0.0532 e. The van der Waals surface area contributed by atoms with E-state index in [4.69, 9.17) is 9.47 Å². The molecule has 2 heteroatoms. The lowest BCUT2D eigenvalue weighted by Crippen LogP contribution is -2.29. The molecule has 2 nitrogen and oxygen atoms in total. The zero-order valence-electron chi connectivity index (χ0n) is 7.11. The van der Waals surface area contributed by atoms with Crippen LogP contribution in [0.25, 0.3) is 0 Å². The molecule has 3 aliphatic rings. The molecular weight excluding hydrogens is 152 g/mol. The van der Waals surface area contributed by atoms with Crippen LogP contribution in [0.1, 0.15) is 0 Å². The standard InChI is InChI=1S/C10H14O2/c1-2-8-4-12-6-10(8)9-5-11-3-7(1)9/h1-2,7-10H,3-6H2/t7-,8+,9-,10-/m0/s1. The summed E-state index contributed by atoms with van der Waals surface area (Å²) in [5.41, 5.74) is 0. The highest BCUT2D eigenvalue weighted by molar-refractivity contribution is 5.08. The van der Waals surface area contributed by atoms with Crippen LogP contribution in [0.3, 0.4) is 0 Å². The van der Waals surface area contributed by atoms with Gasteiger partial charge >= 0.3 is 0 Å². The first-order chi connectivity index (χ1) is 5.95. The van der Waals surface area contributed by atoms with Gasteiger partial charge in [0.2, 0.25) is 0 Å². The molecule has 0 aromatic heterocycles. The summed E-state index contributed by atoms with van der Waals surface area (Å²) in [4.78, 5) is 0. The summed E-state index contributed by atoms with van der Waals surface area (Å²) >= 11 is 0. The van der Waals surface area contributed by atoms with Gasteiger partial charge in [0.25, 0.3) is 0 Å². The van der Waals surface area contributed by atoms with Crippen LogP contribution in [0.15, 0.2) is 12.2 Å². The van der Waals surface area contributed by atoms with E-state index in [1.54, 1.807) is 0 Å². The lowest BCUT2D eigenvalue weighted by atomic mass is 9.74. The Bertz CT molecular complexity index is 190. The molecule has 0 radical (unpaired) electrons. The highest BCUT2D eigenvalue weighted by atomic mass is 16.5. The second kappa shape index (κ2) is 2.57. The third kappa shape index (κ3) is 0.882. The van der Waals surface area contributed by atoms with Gasteiger partial charge in [0.05, 0.1) is 26.4 Å². The lowest BCUT2D eigenvalue weighted by molar-refractivity contribution is 0.149. The Morgan fingerprint density at radius 2 is 1.25 bits per heavy atom. The summed E-state index contributed by atoms with van der Waals surface area (Å²) in [6.45, 7) is 3.79. The fourth-order valence-electron chi connectivity index (χ4n) is 2.74. The number of fused-ring (bicyclic) bond motifs is 3. The molecule has 2 aliphatic heterocycles. The van der Waals surface area contributed by atoms with Gasteiger partial charge in [-0.2, -0.15) is 0 Å². The first-order valence-electron chi connectivity index (χ1n) is 4.79. The Labute approximate surface area is 72.5 Å². The maximum atomic E-state index is 5.49. The van der Waals surface area contributed by atoms with Crippen LogP contribution in [-0.4, -0.2) is 26.4 Å². The topological polar surface area (TPSA) is 18.5 Å². The molecule has 2 saturated heterocycles. The third-order valence-electron chi connectivity index (χ3n) is 3.50. The van der Waals surface area contributed by atoms with Crippen LogP contribution in [0.5, 0.6) is 0 Å². The third-order valence-corrected chi connectivity index (χ3v) is 3.50. The fraction of sp³-hybridized carbons (Fsp3) is 0.800. The Morgan fingerprint density at radius 3 is 1.75 bits per heavy atom. The van der Waals surface area contributed by atoms with Crippen molar-refractivity contribution < 1.29 is 9.47 Å². The largest absolute Gasteiger partial charge is 0.381 e. The summed E-state index contributed by atoms with van der Waals surface area (Å²) in [7, 11) is 0. The van der Waals surface area contributed by atoms with Gasteiger partial charge in [-0.3, -0.25) is 0 Å². The molecule has 0 N–H and O–H groups in total. The van der Waals surface area contributed by atoms with E-state index in [1.807, 2.05) is 0 Å². The first kappa shape index (κ1) is 7.10. The van der Waals surface area contributed by atoms with Crippen molar-refractivity contribution in [2.24, 2.45) is 23.7 Å². The summed E-state index contributed by atoms with van der Waals surface area (Å²) in [6.07, 6.45) is 4.68. The maximum absolute atomic E-state index is 5.49. The molecule has 1 aliphatic carbocycles. The summed E-state index contributed by atoms with van der Waals surface area (Å²) in [6, 6.07) is 0. The molecule has 0 aromatic rings. The molecular formula is C10H14O2. The van der Waals surface area contributed by atoms with Crippen molar-refractivity contribution in [2.45, 2.75) is 0 Å². The van der Waals surface area contributed by atoms with Gasteiger partial charge in [-0.25, -0.2) is 0 Å². The van der Waals surface area contributed by atoms with Gasteiger partial charge in [0.1, 0.15) is 0 Å². The molecule has 4 atom stereocenters. The van der Waals surface area contributed by atoms with Crippen molar-refractivity contribution in [3.05, 3.63) is 12.2 Å². The average Bonchev–Trinajstić information content (AvgIpc) is 2.71. The van der Waals surface area contributed by atoms with Crippen LogP contribution in [-0.2, 0) is 9.47 Å². The number of ether oxygens (including phenoxy) is 2. The van der Waals surface area contributed by atoms with Crippen molar-refractivity contribution in [1.29, 1.82) is 0 Å². The van der Waals surface area contributed by atoms with E-state index < -0.39 is 0 Å². The van der Waals surface area contributed by atoms with Gasteiger partial charge in [0, 0.05) is 11.8 Å². The number of rotatable bonds is 0. The molecule has 0 spiro atoms. The fourth-order valence-corrected chi connectivity index (χ4v) is 2.74. The summed E-state index contributed by atoms with van der Waals surface area (Å²) in [5.74, 6) is 2.88. The predicted molar refractivity (Wildman–Crippen MR) is 44.7 cm³/mol. The van der Waals surface area contributed by atoms with Gasteiger partial charge < -0.3 is 9.47 Å². The van der Waals surface area contributed by atoms with Crippen molar-refractivity contribution >= 4 is 0 Å². The maximum Gasteiger partial charge on any atom is 0.0532 e. The Hall–Kier alpha value is -0.340. The molecule has 0 unspecified atom stereocenters.